The molecule has 0 spiro atoms. The summed E-state index contributed by atoms with van der Waals surface area (Å²) in [5.41, 5.74) is 3.32. The number of hydrogen-bond acceptors (Lipinski definition) is 0. The fourth-order valence-corrected chi connectivity index (χ4v) is 18.6. The van der Waals surface area contributed by atoms with E-state index in [-0.39, 0.29) is 32.7 Å². The van der Waals surface area contributed by atoms with Crippen LogP contribution >= 0.6 is 7.92 Å². The van der Waals surface area contributed by atoms with E-state index < -0.39 is 22.9 Å². The summed E-state index contributed by atoms with van der Waals surface area (Å²) in [5, 5.41) is 1.95. The SMILES string of the molecule is CCCCCCP(CCCCCC)C1=Cc2ccccc2[CH]1[Hf+2][CH]1CCC2C=CC=CC21.[Cl-].[Cl-]. The van der Waals surface area contributed by atoms with Gasteiger partial charge >= 0.3 is 211 Å². The van der Waals surface area contributed by atoms with Crippen LogP contribution in [0, 0.1) is 11.8 Å². The fraction of sp³-hybridized carbons (Fsp3) is 0.600. The molecule has 3 aliphatic carbocycles. The number of unbranched alkanes of at least 4 members (excludes halogenated alkanes) is 6. The zero-order valence-corrected chi connectivity index (χ0v) is 27.2. The minimum absolute atomic E-state index is 0. The summed E-state index contributed by atoms with van der Waals surface area (Å²) in [6.45, 7) is 4.69. The third-order valence-electron chi connectivity index (χ3n) is 7.79. The number of rotatable bonds is 13. The van der Waals surface area contributed by atoms with E-state index in [2.05, 4.69) is 68.5 Å². The van der Waals surface area contributed by atoms with E-state index in [9.17, 15) is 0 Å². The summed E-state index contributed by atoms with van der Waals surface area (Å²) in [6, 6.07) is 9.51. The van der Waals surface area contributed by atoms with Crippen LogP contribution in [0.1, 0.15) is 92.9 Å². The molecule has 0 aromatic heterocycles. The Bertz CT molecular complexity index is 806. The molecule has 0 saturated heterocycles. The van der Waals surface area contributed by atoms with Gasteiger partial charge in [-0.2, -0.15) is 0 Å². The van der Waals surface area contributed by atoms with Gasteiger partial charge in [0.15, 0.2) is 0 Å². The number of fused-ring (bicyclic) bond motifs is 2. The Balaban J connectivity index is 0.00000204. The molecule has 0 amide bonds. The van der Waals surface area contributed by atoms with E-state index >= 15 is 0 Å². The maximum Gasteiger partial charge on any atom is -1.00 e. The summed E-state index contributed by atoms with van der Waals surface area (Å²) in [4.78, 5) is 0. The Morgan fingerprint density at radius 3 is 2.21 bits per heavy atom. The van der Waals surface area contributed by atoms with Crippen LogP contribution in [0.25, 0.3) is 6.08 Å². The van der Waals surface area contributed by atoms with Crippen molar-refractivity contribution in [2.45, 2.75) is 85.4 Å². The van der Waals surface area contributed by atoms with Crippen LogP contribution in [0.5, 0.6) is 0 Å². The van der Waals surface area contributed by atoms with E-state index in [1.54, 1.807) is 11.1 Å². The van der Waals surface area contributed by atoms with Crippen molar-refractivity contribution in [3.8, 4) is 0 Å². The molecule has 0 bridgehead atoms. The summed E-state index contributed by atoms with van der Waals surface area (Å²) >= 11 is -0.837. The van der Waals surface area contributed by atoms with Crippen molar-refractivity contribution in [3.63, 3.8) is 0 Å². The van der Waals surface area contributed by atoms with E-state index in [0.29, 0.717) is 0 Å². The van der Waals surface area contributed by atoms with Crippen LogP contribution in [-0.2, 0) is 22.9 Å². The topological polar surface area (TPSA) is 0 Å². The molecule has 4 unspecified atom stereocenters. The number of allylic oxidation sites excluding steroid dienone is 5. The van der Waals surface area contributed by atoms with Crippen molar-refractivity contribution in [2.75, 3.05) is 12.3 Å². The zero-order chi connectivity index (χ0) is 22.2. The second-order valence-electron chi connectivity index (χ2n) is 10.1. The van der Waals surface area contributed by atoms with Gasteiger partial charge in [-0.3, -0.25) is 0 Å². The second kappa shape index (κ2) is 16.2. The van der Waals surface area contributed by atoms with Gasteiger partial charge in [0.05, 0.1) is 0 Å². The molecule has 4 heteroatoms. The van der Waals surface area contributed by atoms with Gasteiger partial charge in [0.2, 0.25) is 0 Å². The molecule has 34 heavy (non-hydrogen) atoms. The molecule has 3 aliphatic rings. The van der Waals surface area contributed by atoms with E-state index in [0.717, 1.165) is 19.2 Å². The summed E-state index contributed by atoms with van der Waals surface area (Å²) in [5.74, 6) is 1.73. The Labute approximate surface area is 234 Å². The number of hydrogen-bond donors (Lipinski definition) is 0. The first-order valence-electron chi connectivity index (χ1n) is 13.5. The minimum atomic E-state index is -0.837. The van der Waals surface area contributed by atoms with Crippen molar-refractivity contribution < 1.29 is 47.7 Å². The van der Waals surface area contributed by atoms with Crippen LogP contribution in [0.2, 0.25) is 3.67 Å². The Kier molecular flexibility index (Phi) is 14.6. The molecule has 1 saturated carbocycles. The summed E-state index contributed by atoms with van der Waals surface area (Å²) in [6.07, 6.45) is 29.8. The first kappa shape index (κ1) is 30.5. The molecule has 1 aromatic rings. The standard InChI is InChI=1S/C21H32P.C9H11.2ClH.Hf/c1-3-5-7-11-15-22(16-12-8-6-4-2)21-17-19-13-9-10-14-20(19)18-21;1-2-5-9-7-3-6-8(9)4-1;;;/h9-10,13-14,17-18H,3-8,11-12,15-16H2,1-2H3;1-2,4-6,8-9H,3,7H2;2*1H;/q;;;;+2/p-2. The Hall–Kier alpha value is 0.320. The number of benzene rings is 1. The van der Waals surface area contributed by atoms with Crippen LogP contribution in [0.4, 0.5) is 0 Å². The largest absolute Gasteiger partial charge is 1.00 e. The van der Waals surface area contributed by atoms with Gasteiger partial charge in [-0.15, -0.1) is 0 Å². The molecule has 0 aliphatic heterocycles. The quantitative estimate of drug-likeness (QED) is 0.169. The van der Waals surface area contributed by atoms with Crippen LogP contribution < -0.4 is 24.8 Å². The molecular weight excluding hydrogens is 641 g/mol. The molecule has 0 nitrogen and oxygen atoms in total. The van der Waals surface area contributed by atoms with Crippen molar-refractivity contribution >= 4 is 14.0 Å². The molecule has 0 N–H and O–H groups in total. The summed E-state index contributed by atoms with van der Waals surface area (Å²) < 4.78 is 1.94. The van der Waals surface area contributed by atoms with Gasteiger partial charge in [0, 0.05) is 0 Å². The maximum absolute atomic E-state index is 2.71. The molecule has 0 heterocycles. The Morgan fingerprint density at radius 2 is 1.50 bits per heavy atom. The first-order chi connectivity index (χ1) is 15.8. The minimum Gasteiger partial charge on any atom is -1.00 e. The van der Waals surface area contributed by atoms with Crippen molar-refractivity contribution in [2.24, 2.45) is 11.8 Å². The van der Waals surface area contributed by atoms with Gasteiger partial charge in [-0.1, -0.05) is 0 Å². The molecule has 4 atom stereocenters. The van der Waals surface area contributed by atoms with Crippen molar-refractivity contribution in [1.29, 1.82) is 0 Å². The predicted molar refractivity (Wildman–Crippen MR) is 140 cm³/mol. The van der Waals surface area contributed by atoms with Crippen molar-refractivity contribution in [1.82, 2.24) is 0 Å². The molecule has 0 radical (unpaired) electrons. The summed E-state index contributed by atoms with van der Waals surface area (Å²) in [7, 11) is 0.0576. The molecule has 1 fully saturated rings. The number of halogens is 2. The van der Waals surface area contributed by atoms with Gasteiger partial charge in [0.1, 0.15) is 0 Å². The third kappa shape index (κ3) is 7.91. The predicted octanol–water partition coefficient (Wildman–Crippen LogP) is 3.76. The Morgan fingerprint density at radius 1 is 0.824 bits per heavy atom. The smallest absolute Gasteiger partial charge is 1.00 e. The third-order valence-corrected chi connectivity index (χ3v) is 18.9. The van der Waals surface area contributed by atoms with Gasteiger partial charge in [0.25, 0.3) is 0 Å². The molecule has 186 valence electrons. The first-order valence-corrected chi connectivity index (χ1v) is 19.3. The zero-order valence-electron chi connectivity index (χ0n) is 21.2. The second-order valence-corrected chi connectivity index (χ2v) is 18.5. The van der Waals surface area contributed by atoms with Gasteiger partial charge < -0.3 is 24.8 Å². The van der Waals surface area contributed by atoms with Crippen LogP contribution in [0.15, 0.2) is 53.9 Å². The average Bonchev–Trinajstić information content (AvgIpc) is 3.40. The molecule has 1 aromatic carbocycles. The maximum atomic E-state index is 2.71. The molecule has 4 rings (SSSR count). The van der Waals surface area contributed by atoms with Gasteiger partial charge in [-0.25, -0.2) is 0 Å². The normalized spacial score (nSPS) is 24.1. The van der Waals surface area contributed by atoms with E-state index in [1.165, 1.54) is 76.5 Å². The van der Waals surface area contributed by atoms with Crippen molar-refractivity contribution in [3.05, 3.63) is 65.0 Å². The molecular formula is C30H43Cl2HfP. The van der Waals surface area contributed by atoms with Crippen LogP contribution in [-0.4, -0.2) is 12.3 Å². The fourth-order valence-electron chi connectivity index (χ4n) is 5.95. The van der Waals surface area contributed by atoms with Crippen LogP contribution in [0.3, 0.4) is 0 Å². The van der Waals surface area contributed by atoms with Gasteiger partial charge in [-0.05, 0) is 0 Å². The van der Waals surface area contributed by atoms with E-state index in [1.807, 2.05) is 5.31 Å². The monoisotopic (exact) mass is 684 g/mol. The average molecular weight is 684 g/mol. The van der Waals surface area contributed by atoms with E-state index in [4.69, 9.17) is 0 Å².